The van der Waals surface area contributed by atoms with E-state index >= 15 is 0 Å². The molecular formula is C34H63NO3SiSn. The molecule has 0 unspecified atom stereocenters. The first-order valence-electron chi connectivity index (χ1n) is 16.4. The van der Waals surface area contributed by atoms with Gasteiger partial charge in [-0.1, -0.05) is 0 Å². The molecule has 3 atom stereocenters. The van der Waals surface area contributed by atoms with Crippen molar-refractivity contribution in [2.24, 2.45) is 11.7 Å². The van der Waals surface area contributed by atoms with Gasteiger partial charge in [0.15, 0.2) is 0 Å². The van der Waals surface area contributed by atoms with Crippen molar-refractivity contribution in [2.45, 2.75) is 150 Å². The van der Waals surface area contributed by atoms with Crippen molar-refractivity contribution in [3.05, 3.63) is 46.1 Å². The summed E-state index contributed by atoms with van der Waals surface area (Å²) in [6.45, 7) is 19.7. The van der Waals surface area contributed by atoms with Crippen LogP contribution in [0.3, 0.4) is 0 Å². The summed E-state index contributed by atoms with van der Waals surface area (Å²) in [5.74, 6) is -0.304. The van der Waals surface area contributed by atoms with Gasteiger partial charge in [-0.2, -0.15) is 0 Å². The minimum absolute atomic E-state index is 0.0685. The van der Waals surface area contributed by atoms with Gasteiger partial charge >= 0.3 is 254 Å². The van der Waals surface area contributed by atoms with Gasteiger partial charge in [0.25, 0.3) is 0 Å². The van der Waals surface area contributed by atoms with Crippen molar-refractivity contribution in [1.82, 2.24) is 0 Å². The molecule has 2 N–H and O–H groups in total. The molecule has 0 heterocycles. The van der Waals surface area contributed by atoms with Crippen LogP contribution in [-0.4, -0.2) is 44.3 Å². The van der Waals surface area contributed by atoms with Gasteiger partial charge in [0, 0.05) is 0 Å². The molecule has 0 aliphatic rings. The third-order valence-electron chi connectivity index (χ3n) is 9.10. The van der Waals surface area contributed by atoms with E-state index in [1.165, 1.54) is 51.8 Å². The van der Waals surface area contributed by atoms with Crippen molar-refractivity contribution >= 4 is 32.7 Å². The quantitative estimate of drug-likeness (QED) is 0.104. The van der Waals surface area contributed by atoms with Crippen LogP contribution < -0.4 is 5.73 Å². The number of esters is 1. The normalized spacial score (nSPS) is 15.2. The van der Waals surface area contributed by atoms with Gasteiger partial charge in [-0.25, -0.2) is 0 Å². The first-order chi connectivity index (χ1) is 19.0. The van der Waals surface area contributed by atoms with Crippen LogP contribution in [0.4, 0.5) is 0 Å². The summed E-state index contributed by atoms with van der Waals surface area (Å²) in [4.78, 5) is 13.6. The third kappa shape index (κ3) is 11.6. The summed E-state index contributed by atoms with van der Waals surface area (Å²) in [5.41, 5.74) is 6.86. The van der Waals surface area contributed by atoms with Crippen molar-refractivity contribution in [3.8, 4) is 0 Å². The number of hydrogen-bond acceptors (Lipinski definition) is 4. The van der Waals surface area contributed by atoms with Crippen LogP contribution in [0.25, 0.3) is 0 Å². The molecule has 0 aliphatic carbocycles. The summed E-state index contributed by atoms with van der Waals surface area (Å²) >= 11 is -2.47. The van der Waals surface area contributed by atoms with E-state index < -0.39 is 38.3 Å². The van der Waals surface area contributed by atoms with Gasteiger partial charge in [-0.3, -0.25) is 0 Å². The molecule has 230 valence electrons. The fourth-order valence-electron chi connectivity index (χ4n) is 5.86. The summed E-state index contributed by atoms with van der Waals surface area (Å²) in [5, 5.41) is 0. The SMILES string of the molecule is CCC[CH2][Sn](/[CH]=C/[C@@H](C)[C@H](OC(=O)[C@@H](N)C(C)(C)O[Si](CC)(CC)CC)c1ccccc1)([CH2]CCC)[CH2]CCC. The predicted molar refractivity (Wildman–Crippen MR) is 179 cm³/mol. The Labute approximate surface area is 253 Å². The number of unbranched alkanes of at least 4 members (excludes halogenated alkanes) is 3. The summed E-state index contributed by atoms with van der Waals surface area (Å²) in [6, 6.07) is 12.4. The molecule has 0 aromatic heterocycles. The van der Waals surface area contributed by atoms with Crippen LogP contribution in [0.2, 0.25) is 31.4 Å². The van der Waals surface area contributed by atoms with E-state index in [-0.39, 0.29) is 18.0 Å². The van der Waals surface area contributed by atoms with E-state index in [4.69, 9.17) is 14.9 Å². The molecule has 0 spiro atoms. The van der Waals surface area contributed by atoms with Crippen molar-refractivity contribution in [1.29, 1.82) is 0 Å². The maximum atomic E-state index is 13.6. The second-order valence-electron chi connectivity index (χ2n) is 12.6. The van der Waals surface area contributed by atoms with E-state index in [9.17, 15) is 4.79 Å². The molecule has 40 heavy (non-hydrogen) atoms. The number of rotatable bonds is 21. The van der Waals surface area contributed by atoms with Gasteiger partial charge < -0.3 is 0 Å². The number of nitrogens with two attached hydrogens (primary N) is 1. The Balaban J connectivity index is 3.29. The Morgan fingerprint density at radius 2 is 1.38 bits per heavy atom. The van der Waals surface area contributed by atoms with E-state index in [1.807, 2.05) is 32.0 Å². The fraction of sp³-hybridized carbons (Fsp3) is 0.735. The van der Waals surface area contributed by atoms with Crippen molar-refractivity contribution in [2.75, 3.05) is 0 Å². The standard InChI is InChI=1S/C22H36NO3Si.3C4H9.Sn/c1-8-17(5)19(18-15-13-12-14-16-18)25-21(24)20(23)22(6,7)26-27(9-2,10-3)11-4;3*1-3-4-2;/h1,8,12-17,19-20H,9-11,23H2,2-7H3;3*1,3-4H2,2H3;/t17-,19+,20-;;;;/m1..../s1. The Morgan fingerprint density at radius 1 is 0.900 bits per heavy atom. The van der Waals surface area contributed by atoms with Crippen LogP contribution in [0.1, 0.15) is 113 Å². The Bertz CT molecular complexity index is 826. The first kappa shape index (κ1) is 37.4. The van der Waals surface area contributed by atoms with Crippen LogP contribution in [0.15, 0.2) is 40.5 Å². The zero-order valence-electron chi connectivity index (χ0n) is 27.6. The van der Waals surface area contributed by atoms with Crippen LogP contribution in [-0.2, 0) is 14.0 Å². The molecule has 1 aromatic carbocycles. The Kier molecular flexibility index (Phi) is 17.6. The number of carbonyl (C=O) groups excluding carboxylic acids is 1. The number of ether oxygens (including phenoxy) is 1. The number of benzene rings is 1. The fourth-order valence-corrected chi connectivity index (χ4v) is 23.7. The average Bonchev–Trinajstić information content (AvgIpc) is 2.97. The molecule has 1 rings (SSSR count). The monoisotopic (exact) mass is 681 g/mol. The summed E-state index contributed by atoms with van der Waals surface area (Å²) < 4.78 is 20.0. The molecule has 0 fully saturated rings. The number of carbonyl (C=O) groups is 1. The maximum absolute atomic E-state index is 13.6. The molecule has 0 radical (unpaired) electrons. The predicted octanol–water partition coefficient (Wildman–Crippen LogP) is 9.98. The molecule has 1 aromatic rings. The zero-order valence-corrected chi connectivity index (χ0v) is 31.4. The summed E-state index contributed by atoms with van der Waals surface area (Å²) in [6.07, 6.45) is 9.84. The molecular weight excluding hydrogens is 617 g/mol. The van der Waals surface area contributed by atoms with E-state index in [1.54, 1.807) is 0 Å². The second-order valence-corrected chi connectivity index (χ2v) is 30.3. The van der Waals surface area contributed by atoms with Gasteiger partial charge in [0.05, 0.1) is 0 Å². The zero-order chi connectivity index (χ0) is 30.2. The van der Waals surface area contributed by atoms with Crippen LogP contribution in [0, 0.1) is 5.92 Å². The van der Waals surface area contributed by atoms with Crippen molar-refractivity contribution < 1.29 is 14.0 Å². The first-order valence-corrected chi connectivity index (χ1v) is 26.6. The number of hydrogen-bond donors (Lipinski definition) is 1. The van der Waals surface area contributed by atoms with Crippen LogP contribution in [0.5, 0.6) is 0 Å². The molecule has 0 saturated heterocycles. The molecule has 4 nitrogen and oxygen atoms in total. The molecule has 0 aliphatic heterocycles. The molecule has 0 amide bonds. The van der Waals surface area contributed by atoms with E-state index in [0.29, 0.717) is 0 Å². The molecule has 0 saturated carbocycles. The second kappa shape index (κ2) is 18.8. The minimum atomic E-state index is -2.47. The molecule has 0 bridgehead atoms. The van der Waals surface area contributed by atoms with E-state index in [2.05, 4.69) is 70.8 Å². The Hall–Kier alpha value is -0.634. The van der Waals surface area contributed by atoms with Gasteiger partial charge in [-0.15, -0.1) is 0 Å². The van der Waals surface area contributed by atoms with Crippen LogP contribution >= 0.6 is 0 Å². The topological polar surface area (TPSA) is 61.5 Å². The van der Waals surface area contributed by atoms with E-state index in [0.717, 1.165) is 23.7 Å². The molecule has 6 heteroatoms. The Morgan fingerprint density at radius 3 is 1.80 bits per heavy atom. The van der Waals surface area contributed by atoms with Gasteiger partial charge in [-0.05, 0) is 0 Å². The summed E-state index contributed by atoms with van der Waals surface area (Å²) in [7, 11) is -1.95. The van der Waals surface area contributed by atoms with Gasteiger partial charge in [0.2, 0.25) is 0 Å². The average molecular weight is 681 g/mol. The van der Waals surface area contributed by atoms with Crippen molar-refractivity contribution in [3.63, 3.8) is 0 Å². The van der Waals surface area contributed by atoms with Gasteiger partial charge in [0.1, 0.15) is 0 Å². The third-order valence-corrected chi connectivity index (χ3v) is 28.0.